The summed E-state index contributed by atoms with van der Waals surface area (Å²) in [5.41, 5.74) is 6.32. The lowest BCUT2D eigenvalue weighted by Gasteiger charge is -2.02. The van der Waals surface area contributed by atoms with Crippen molar-refractivity contribution in [3.8, 4) is 5.82 Å². The molecule has 0 amide bonds. The quantitative estimate of drug-likeness (QED) is 0.738. The monoisotopic (exact) mass is 204 g/mol. The molecule has 5 heteroatoms. The first-order valence-corrected chi connectivity index (χ1v) is 4.42. The Morgan fingerprint density at radius 2 is 2.29 bits per heavy atom. The molecular formula is C9H8N4S. The largest absolute Gasteiger partial charge is 0.389 e. The van der Waals surface area contributed by atoms with Gasteiger partial charge in [0.05, 0.1) is 0 Å². The van der Waals surface area contributed by atoms with E-state index in [1.807, 2.05) is 12.3 Å². The fourth-order valence-electron chi connectivity index (χ4n) is 1.11. The van der Waals surface area contributed by atoms with Gasteiger partial charge in [0.25, 0.3) is 0 Å². The molecule has 0 fully saturated rings. The zero-order chi connectivity index (χ0) is 9.97. The maximum absolute atomic E-state index is 5.51. The van der Waals surface area contributed by atoms with E-state index in [0.29, 0.717) is 4.99 Å². The molecule has 0 aliphatic rings. The van der Waals surface area contributed by atoms with E-state index in [0.717, 1.165) is 11.4 Å². The van der Waals surface area contributed by atoms with Gasteiger partial charge in [0.1, 0.15) is 17.1 Å². The fraction of sp³-hybridized carbons (Fsp3) is 0. The lowest BCUT2D eigenvalue weighted by molar-refractivity contribution is 0.992. The minimum absolute atomic E-state index is 0.369. The maximum Gasteiger partial charge on any atom is 0.138 e. The molecule has 0 unspecified atom stereocenters. The van der Waals surface area contributed by atoms with Crippen LogP contribution in [0.4, 0.5) is 0 Å². The summed E-state index contributed by atoms with van der Waals surface area (Å²) in [5.74, 6) is 0.757. The Labute approximate surface area is 86.4 Å². The topological polar surface area (TPSA) is 56.7 Å². The predicted octanol–water partition coefficient (Wildman–Crippen LogP) is 0.902. The van der Waals surface area contributed by atoms with Crippen LogP contribution in [0.3, 0.4) is 0 Å². The molecule has 0 atom stereocenters. The van der Waals surface area contributed by atoms with Crippen LogP contribution in [0.15, 0.2) is 37.1 Å². The van der Waals surface area contributed by atoms with Crippen LogP contribution in [-0.4, -0.2) is 19.5 Å². The summed E-state index contributed by atoms with van der Waals surface area (Å²) in [4.78, 5) is 8.47. The van der Waals surface area contributed by atoms with Gasteiger partial charge in [-0.25, -0.2) is 9.97 Å². The van der Waals surface area contributed by atoms with Gasteiger partial charge in [-0.3, -0.25) is 4.57 Å². The van der Waals surface area contributed by atoms with Gasteiger partial charge in [-0.1, -0.05) is 12.2 Å². The number of rotatable bonds is 2. The summed E-state index contributed by atoms with van der Waals surface area (Å²) in [6, 6.07) is 3.60. The molecule has 0 spiro atoms. The first kappa shape index (κ1) is 8.83. The Hall–Kier alpha value is -1.75. The highest BCUT2D eigenvalue weighted by molar-refractivity contribution is 7.80. The van der Waals surface area contributed by atoms with Crippen molar-refractivity contribution < 1.29 is 0 Å². The van der Waals surface area contributed by atoms with E-state index in [1.165, 1.54) is 0 Å². The van der Waals surface area contributed by atoms with E-state index >= 15 is 0 Å². The standard InChI is InChI=1S/C9H8N4S/c10-9(14)7-1-2-12-8(5-7)13-4-3-11-6-13/h1-6H,(H2,10,14). The van der Waals surface area contributed by atoms with Crippen LogP contribution in [0.25, 0.3) is 5.82 Å². The van der Waals surface area contributed by atoms with E-state index in [-0.39, 0.29) is 0 Å². The highest BCUT2D eigenvalue weighted by atomic mass is 32.1. The van der Waals surface area contributed by atoms with Crippen LogP contribution in [-0.2, 0) is 0 Å². The van der Waals surface area contributed by atoms with Gasteiger partial charge >= 0.3 is 0 Å². The van der Waals surface area contributed by atoms with Gasteiger partial charge in [0, 0.05) is 24.2 Å². The second-order valence-corrected chi connectivity index (χ2v) is 3.18. The highest BCUT2D eigenvalue weighted by Crippen LogP contribution is 2.06. The second kappa shape index (κ2) is 3.55. The average molecular weight is 204 g/mol. The summed E-state index contributed by atoms with van der Waals surface area (Å²) in [5, 5.41) is 0. The molecule has 2 aromatic heterocycles. The van der Waals surface area contributed by atoms with Gasteiger partial charge in [-0.2, -0.15) is 0 Å². The molecule has 0 aliphatic carbocycles. The lowest BCUT2D eigenvalue weighted by atomic mass is 10.2. The minimum Gasteiger partial charge on any atom is -0.389 e. The van der Waals surface area contributed by atoms with E-state index < -0.39 is 0 Å². The molecule has 0 aliphatic heterocycles. The van der Waals surface area contributed by atoms with Crippen molar-refractivity contribution in [1.29, 1.82) is 0 Å². The number of hydrogen-bond acceptors (Lipinski definition) is 3. The van der Waals surface area contributed by atoms with E-state index in [1.54, 1.807) is 29.4 Å². The molecular weight excluding hydrogens is 196 g/mol. The van der Waals surface area contributed by atoms with Gasteiger partial charge in [-0.05, 0) is 12.1 Å². The number of nitrogens with two attached hydrogens (primary N) is 1. The number of aromatic nitrogens is 3. The summed E-state index contributed by atoms with van der Waals surface area (Å²) in [6.07, 6.45) is 6.84. The first-order chi connectivity index (χ1) is 6.77. The smallest absolute Gasteiger partial charge is 0.138 e. The Morgan fingerprint density at radius 1 is 1.43 bits per heavy atom. The van der Waals surface area contributed by atoms with Gasteiger partial charge in [-0.15, -0.1) is 0 Å². The number of imidazole rings is 1. The molecule has 14 heavy (non-hydrogen) atoms. The zero-order valence-electron chi connectivity index (χ0n) is 7.29. The molecule has 70 valence electrons. The van der Waals surface area contributed by atoms with Gasteiger partial charge in [0.2, 0.25) is 0 Å². The third-order valence-corrected chi connectivity index (χ3v) is 2.03. The number of nitrogens with zero attached hydrogens (tertiary/aromatic N) is 3. The van der Waals surface area contributed by atoms with E-state index in [4.69, 9.17) is 18.0 Å². The number of hydrogen-bond donors (Lipinski definition) is 1. The van der Waals surface area contributed by atoms with Gasteiger partial charge in [0.15, 0.2) is 0 Å². The maximum atomic E-state index is 5.51. The molecule has 0 aromatic carbocycles. The Kier molecular flexibility index (Phi) is 2.24. The van der Waals surface area contributed by atoms with Crippen molar-refractivity contribution in [3.63, 3.8) is 0 Å². The molecule has 2 rings (SSSR count). The van der Waals surface area contributed by atoms with Gasteiger partial charge < -0.3 is 5.73 Å². The van der Waals surface area contributed by atoms with Crippen LogP contribution in [0, 0.1) is 0 Å². The molecule has 0 radical (unpaired) electrons. The normalized spacial score (nSPS) is 10.0. The summed E-state index contributed by atoms with van der Waals surface area (Å²) in [6.45, 7) is 0. The van der Waals surface area contributed by atoms with Crippen molar-refractivity contribution in [2.45, 2.75) is 0 Å². The predicted molar refractivity (Wildman–Crippen MR) is 57.2 cm³/mol. The average Bonchev–Trinajstić information content (AvgIpc) is 2.71. The minimum atomic E-state index is 0.369. The third-order valence-electron chi connectivity index (χ3n) is 1.80. The van der Waals surface area contributed by atoms with Crippen LogP contribution in [0.2, 0.25) is 0 Å². The molecule has 0 bridgehead atoms. The van der Waals surface area contributed by atoms with Crippen molar-refractivity contribution in [1.82, 2.24) is 14.5 Å². The lowest BCUT2D eigenvalue weighted by Crippen LogP contribution is -2.10. The Balaban J connectivity index is 2.46. The van der Waals surface area contributed by atoms with Crippen molar-refractivity contribution in [2.24, 2.45) is 5.73 Å². The molecule has 2 heterocycles. The van der Waals surface area contributed by atoms with Crippen LogP contribution in [0.1, 0.15) is 5.56 Å². The zero-order valence-corrected chi connectivity index (χ0v) is 8.11. The van der Waals surface area contributed by atoms with Crippen LogP contribution < -0.4 is 5.73 Å². The molecule has 2 N–H and O–H groups in total. The molecule has 2 aromatic rings. The molecule has 0 saturated carbocycles. The Morgan fingerprint density at radius 3 is 2.93 bits per heavy atom. The molecule has 0 saturated heterocycles. The number of thiocarbonyl (C=S) groups is 1. The van der Waals surface area contributed by atoms with E-state index in [2.05, 4.69) is 9.97 Å². The van der Waals surface area contributed by atoms with Crippen LogP contribution >= 0.6 is 12.2 Å². The second-order valence-electron chi connectivity index (χ2n) is 2.74. The summed E-state index contributed by atoms with van der Waals surface area (Å²) in [7, 11) is 0. The first-order valence-electron chi connectivity index (χ1n) is 4.01. The summed E-state index contributed by atoms with van der Waals surface area (Å²) >= 11 is 4.88. The third kappa shape index (κ3) is 1.62. The van der Waals surface area contributed by atoms with Crippen molar-refractivity contribution in [2.75, 3.05) is 0 Å². The highest BCUT2D eigenvalue weighted by Gasteiger charge is 2.00. The SMILES string of the molecule is NC(=S)c1ccnc(-n2ccnc2)c1. The summed E-state index contributed by atoms with van der Waals surface area (Å²) < 4.78 is 1.79. The number of pyridine rings is 1. The fourth-order valence-corrected chi connectivity index (χ4v) is 1.23. The van der Waals surface area contributed by atoms with E-state index in [9.17, 15) is 0 Å². The van der Waals surface area contributed by atoms with Crippen molar-refractivity contribution >= 4 is 17.2 Å². The van der Waals surface area contributed by atoms with Crippen molar-refractivity contribution in [3.05, 3.63) is 42.6 Å². The Bertz CT molecular complexity index is 450. The molecule has 4 nitrogen and oxygen atoms in total. The van der Waals surface area contributed by atoms with Crippen LogP contribution in [0.5, 0.6) is 0 Å².